The van der Waals surface area contributed by atoms with E-state index < -0.39 is 0 Å². The van der Waals surface area contributed by atoms with Gasteiger partial charge in [-0.3, -0.25) is 9.48 Å². The highest BCUT2D eigenvalue weighted by molar-refractivity contribution is 6.03. The lowest BCUT2D eigenvalue weighted by Gasteiger charge is -2.07. The fourth-order valence-corrected chi connectivity index (χ4v) is 1.86. The lowest BCUT2D eigenvalue weighted by atomic mass is 10.0. The highest BCUT2D eigenvalue weighted by Gasteiger charge is 2.11. The number of amides is 1. The monoisotopic (exact) mass is 268 g/mol. The normalized spacial score (nSPS) is 10.3. The number of rotatable bonds is 3. The lowest BCUT2D eigenvalue weighted by Crippen LogP contribution is -2.13. The van der Waals surface area contributed by atoms with E-state index in [1.54, 1.807) is 19.2 Å². The number of nitriles is 1. The molecule has 0 aliphatic heterocycles. The standard InChI is InChI=1S/C15H16N4O/c1-10(2)11-5-4-6-12(7-11)15(20)17-14-8-13(9-16)19(3)18-14/h4-8,10H,1-3H3,(H,17,18,20). The van der Waals surface area contributed by atoms with Gasteiger partial charge in [0.05, 0.1) is 0 Å². The number of carbonyl (C=O) groups is 1. The third-order valence-corrected chi connectivity index (χ3v) is 3.05. The van der Waals surface area contributed by atoms with Gasteiger partial charge < -0.3 is 5.32 Å². The largest absolute Gasteiger partial charge is 0.305 e. The van der Waals surface area contributed by atoms with Gasteiger partial charge in [0.2, 0.25) is 0 Å². The van der Waals surface area contributed by atoms with E-state index >= 15 is 0 Å². The quantitative estimate of drug-likeness (QED) is 0.930. The molecule has 0 spiro atoms. The van der Waals surface area contributed by atoms with Gasteiger partial charge in [-0.05, 0) is 23.6 Å². The molecule has 1 amide bonds. The average molecular weight is 268 g/mol. The van der Waals surface area contributed by atoms with Crippen LogP contribution in [0.2, 0.25) is 0 Å². The Labute approximate surface area is 117 Å². The van der Waals surface area contributed by atoms with E-state index in [1.807, 2.05) is 24.3 Å². The summed E-state index contributed by atoms with van der Waals surface area (Å²) in [4.78, 5) is 12.2. The molecule has 1 heterocycles. The van der Waals surface area contributed by atoms with Crippen LogP contribution in [-0.4, -0.2) is 15.7 Å². The van der Waals surface area contributed by atoms with Crippen molar-refractivity contribution in [1.82, 2.24) is 9.78 Å². The number of carbonyl (C=O) groups excluding carboxylic acids is 1. The minimum atomic E-state index is -0.227. The van der Waals surface area contributed by atoms with Crippen LogP contribution in [0.4, 0.5) is 5.82 Å². The van der Waals surface area contributed by atoms with E-state index in [9.17, 15) is 4.79 Å². The van der Waals surface area contributed by atoms with Gasteiger partial charge in [0.25, 0.3) is 5.91 Å². The van der Waals surface area contributed by atoms with Gasteiger partial charge in [-0.25, -0.2) is 0 Å². The Balaban J connectivity index is 2.19. The summed E-state index contributed by atoms with van der Waals surface area (Å²) in [5, 5.41) is 15.6. The molecule has 5 heteroatoms. The molecule has 20 heavy (non-hydrogen) atoms. The van der Waals surface area contributed by atoms with Crippen LogP contribution >= 0.6 is 0 Å². The van der Waals surface area contributed by atoms with Crippen LogP contribution in [-0.2, 0) is 7.05 Å². The average Bonchev–Trinajstić information content (AvgIpc) is 2.78. The second-order valence-corrected chi connectivity index (χ2v) is 4.88. The van der Waals surface area contributed by atoms with Gasteiger partial charge in [0.15, 0.2) is 5.82 Å². The number of anilines is 1. The first-order chi connectivity index (χ1) is 9.51. The molecular formula is C15H16N4O. The summed E-state index contributed by atoms with van der Waals surface area (Å²) in [6.45, 7) is 4.16. The minimum Gasteiger partial charge on any atom is -0.305 e. The Morgan fingerprint density at radius 3 is 2.75 bits per heavy atom. The summed E-state index contributed by atoms with van der Waals surface area (Å²) < 4.78 is 1.43. The number of hydrogen-bond acceptors (Lipinski definition) is 3. The highest BCUT2D eigenvalue weighted by Crippen LogP contribution is 2.16. The summed E-state index contributed by atoms with van der Waals surface area (Å²) in [5.74, 6) is 0.516. The fraction of sp³-hybridized carbons (Fsp3) is 0.267. The van der Waals surface area contributed by atoms with Crippen LogP contribution in [0.5, 0.6) is 0 Å². The van der Waals surface area contributed by atoms with Gasteiger partial charge >= 0.3 is 0 Å². The number of nitrogens with one attached hydrogen (secondary N) is 1. The van der Waals surface area contributed by atoms with Crippen LogP contribution in [0.1, 0.15) is 41.4 Å². The van der Waals surface area contributed by atoms with E-state index in [4.69, 9.17) is 5.26 Å². The van der Waals surface area contributed by atoms with Gasteiger partial charge in [0, 0.05) is 18.7 Å². The Morgan fingerprint density at radius 2 is 2.15 bits per heavy atom. The molecule has 5 nitrogen and oxygen atoms in total. The minimum absolute atomic E-state index is 0.227. The first-order valence-corrected chi connectivity index (χ1v) is 6.36. The molecule has 2 aromatic rings. The molecule has 0 atom stereocenters. The molecule has 0 bridgehead atoms. The zero-order chi connectivity index (χ0) is 14.7. The first kappa shape index (κ1) is 13.8. The summed E-state index contributed by atoms with van der Waals surface area (Å²) in [7, 11) is 1.66. The van der Waals surface area contributed by atoms with Crippen LogP contribution in [0.15, 0.2) is 30.3 Å². The Hall–Kier alpha value is -2.61. The van der Waals surface area contributed by atoms with Gasteiger partial charge in [-0.1, -0.05) is 26.0 Å². The number of aromatic nitrogens is 2. The summed E-state index contributed by atoms with van der Waals surface area (Å²) in [6, 6.07) is 11.0. The highest BCUT2D eigenvalue weighted by atomic mass is 16.1. The second kappa shape index (κ2) is 5.57. The molecule has 0 aliphatic rings. The fourth-order valence-electron chi connectivity index (χ4n) is 1.86. The predicted molar refractivity (Wildman–Crippen MR) is 76.4 cm³/mol. The molecule has 0 saturated heterocycles. The molecule has 102 valence electrons. The van der Waals surface area contributed by atoms with Crippen molar-refractivity contribution >= 4 is 11.7 Å². The second-order valence-electron chi connectivity index (χ2n) is 4.88. The summed E-state index contributed by atoms with van der Waals surface area (Å²) in [6.07, 6.45) is 0. The van der Waals surface area contributed by atoms with Crippen molar-refractivity contribution in [1.29, 1.82) is 5.26 Å². The van der Waals surface area contributed by atoms with Gasteiger partial charge in [0.1, 0.15) is 11.8 Å². The Kier molecular flexibility index (Phi) is 3.85. The Bertz CT molecular complexity index is 679. The maximum atomic E-state index is 12.2. The smallest absolute Gasteiger partial charge is 0.256 e. The van der Waals surface area contributed by atoms with Crippen molar-refractivity contribution in [2.45, 2.75) is 19.8 Å². The van der Waals surface area contributed by atoms with Crippen molar-refractivity contribution in [2.75, 3.05) is 5.32 Å². The maximum absolute atomic E-state index is 12.2. The molecule has 0 radical (unpaired) electrons. The third kappa shape index (κ3) is 2.86. The lowest BCUT2D eigenvalue weighted by molar-refractivity contribution is 0.102. The van der Waals surface area contributed by atoms with E-state index in [0.29, 0.717) is 23.0 Å². The zero-order valence-electron chi connectivity index (χ0n) is 11.7. The molecule has 0 fully saturated rings. The van der Waals surface area contributed by atoms with Crippen molar-refractivity contribution in [3.05, 3.63) is 47.2 Å². The molecule has 0 saturated carbocycles. The van der Waals surface area contributed by atoms with Crippen LogP contribution < -0.4 is 5.32 Å². The van der Waals surface area contributed by atoms with Crippen molar-refractivity contribution in [3.63, 3.8) is 0 Å². The zero-order valence-corrected chi connectivity index (χ0v) is 11.7. The van der Waals surface area contributed by atoms with E-state index in [2.05, 4.69) is 24.3 Å². The number of hydrogen-bond donors (Lipinski definition) is 1. The number of nitrogens with zero attached hydrogens (tertiary/aromatic N) is 3. The van der Waals surface area contributed by atoms with Crippen LogP contribution in [0.25, 0.3) is 0 Å². The van der Waals surface area contributed by atoms with Crippen LogP contribution in [0, 0.1) is 11.3 Å². The number of benzene rings is 1. The van der Waals surface area contributed by atoms with E-state index in [0.717, 1.165) is 5.56 Å². The predicted octanol–water partition coefficient (Wildman–Crippen LogP) is 2.67. The maximum Gasteiger partial charge on any atom is 0.256 e. The van der Waals surface area contributed by atoms with Crippen molar-refractivity contribution < 1.29 is 4.79 Å². The molecule has 1 aromatic heterocycles. The molecule has 1 aromatic carbocycles. The summed E-state index contributed by atoms with van der Waals surface area (Å²) >= 11 is 0. The molecule has 2 rings (SSSR count). The van der Waals surface area contributed by atoms with Gasteiger partial charge in [-0.2, -0.15) is 10.4 Å². The molecular weight excluding hydrogens is 252 g/mol. The number of aryl methyl sites for hydroxylation is 1. The SMILES string of the molecule is CC(C)c1cccc(C(=O)Nc2cc(C#N)n(C)n2)c1. The topological polar surface area (TPSA) is 70.7 Å². The van der Waals surface area contributed by atoms with E-state index in [1.165, 1.54) is 4.68 Å². The third-order valence-electron chi connectivity index (χ3n) is 3.05. The summed E-state index contributed by atoms with van der Waals surface area (Å²) in [5.41, 5.74) is 2.09. The van der Waals surface area contributed by atoms with Gasteiger partial charge in [-0.15, -0.1) is 0 Å². The van der Waals surface area contributed by atoms with Crippen molar-refractivity contribution in [2.24, 2.45) is 7.05 Å². The van der Waals surface area contributed by atoms with Crippen LogP contribution in [0.3, 0.4) is 0 Å². The molecule has 0 aliphatic carbocycles. The van der Waals surface area contributed by atoms with E-state index in [-0.39, 0.29) is 5.91 Å². The molecule has 0 unspecified atom stereocenters. The first-order valence-electron chi connectivity index (χ1n) is 6.36. The Morgan fingerprint density at radius 1 is 1.40 bits per heavy atom. The van der Waals surface area contributed by atoms with Crippen molar-refractivity contribution in [3.8, 4) is 6.07 Å². The molecule has 1 N–H and O–H groups in total.